The Morgan fingerprint density at radius 2 is 2.06 bits per heavy atom. The number of likely N-dealkylation sites (tertiary alicyclic amines) is 1. The summed E-state index contributed by atoms with van der Waals surface area (Å²) in [6, 6.07) is 0.282. The largest absolute Gasteiger partial charge is 0.378 e. The van der Waals surface area contributed by atoms with E-state index in [9.17, 15) is 4.79 Å². The molecule has 0 aromatic rings. The molecule has 92 valence electrons. The minimum Gasteiger partial charge on any atom is -0.378 e. The van der Waals surface area contributed by atoms with E-state index in [-0.39, 0.29) is 17.6 Å². The van der Waals surface area contributed by atoms with Crippen LogP contribution in [0.3, 0.4) is 0 Å². The lowest BCUT2D eigenvalue weighted by Crippen LogP contribution is -2.48. The van der Waals surface area contributed by atoms with Crippen LogP contribution in [0.15, 0.2) is 0 Å². The summed E-state index contributed by atoms with van der Waals surface area (Å²) in [6.45, 7) is 1.64. The molecule has 2 N–H and O–H groups in total. The molecule has 1 aliphatic heterocycles. The lowest BCUT2D eigenvalue weighted by molar-refractivity contribution is -0.145. The average Bonchev–Trinajstić information content (AvgIpc) is 2.24. The number of piperidine rings is 1. The minimum absolute atomic E-state index is 0.142. The second kappa shape index (κ2) is 4.72. The van der Waals surface area contributed by atoms with Crippen LogP contribution in [0.4, 0.5) is 0 Å². The lowest BCUT2D eigenvalue weighted by atomic mass is 9.77. The smallest absolute Gasteiger partial charge is 0.225 e. The fourth-order valence-corrected chi connectivity index (χ4v) is 2.56. The topological polar surface area (TPSA) is 55.6 Å². The summed E-state index contributed by atoms with van der Waals surface area (Å²) in [5, 5.41) is 0. The number of ether oxygens (including phenoxy) is 1. The van der Waals surface area contributed by atoms with Gasteiger partial charge in [-0.3, -0.25) is 4.79 Å². The number of nitrogens with zero attached hydrogens (tertiary/aromatic N) is 1. The number of rotatable bonds is 3. The molecule has 1 heterocycles. The van der Waals surface area contributed by atoms with Crippen molar-refractivity contribution in [3.8, 4) is 0 Å². The van der Waals surface area contributed by atoms with Crippen LogP contribution in [-0.2, 0) is 9.53 Å². The van der Waals surface area contributed by atoms with Gasteiger partial charge in [-0.2, -0.15) is 0 Å². The summed E-state index contributed by atoms with van der Waals surface area (Å²) < 4.78 is 5.48. The quantitative estimate of drug-likeness (QED) is 0.777. The van der Waals surface area contributed by atoms with Crippen LogP contribution in [0.2, 0.25) is 0 Å². The number of hydrogen-bond acceptors (Lipinski definition) is 3. The molecule has 4 heteroatoms. The van der Waals surface area contributed by atoms with E-state index in [1.54, 1.807) is 7.11 Å². The molecule has 4 nitrogen and oxygen atoms in total. The van der Waals surface area contributed by atoms with E-state index in [2.05, 4.69) is 0 Å². The molecule has 2 fully saturated rings. The van der Waals surface area contributed by atoms with Gasteiger partial charge in [0.25, 0.3) is 0 Å². The number of carbonyl (C=O) groups is 1. The maximum Gasteiger partial charge on any atom is 0.225 e. The van der Waals surface area contributed by atoms with Crippen molar-refractivity contribution < 1.29 is 9.53 Å². The van der Waals surface area contributed by atoms with Gasteiger partial charge in [0.15, 0.2) is 0 Å². The molecule has 1 saturated carbocycles. The molecular weight excluding hydrogens is 204 g/mol. The second-order valence-electron chi connectivity index (χ2n) is 5.14. The molecule has 0 unspecified atom stereocenters. The van der Waals surface area contributed by atoms with Crippen molar-refractivity contribution in [2.75, 3.05) is 20.2 Å². The summed E-state index contributed by atoms with van der Waals surface area (Å²) >= 11 is 0. The molecular formula is C12H22N2O2. The number of amides is 1. The summed E-state index contributed by atoms with van der Waals surface area (Å²) in [5.74, 6) is 0.244. The monoisotopic (exact) mass is 226 g/mol. The van der Waals surface area contributed by atoms with Crippen molar-refractivity contribution in [2.24, 2.45) is 5.73 Å². The van der Waals surface area contributed by atoms with Crippen LogP contribution in [0, 0.1) is 0 Å². The minimum atomic E-state index is -0.142. The van der Waals surface area contributed by atoms with Crippen molar-refractivity contribution in [3.63, 3.8) is 0 Å². The first-order valence-corrected chi connectivity index (χ1v) is 6.24. The lowest BCUT2D eigenvalue weighted by Gasteiger charge is -2.41. The molecule has 0 radical (unpaired) electrons. The molecule has 0 atom stereocenters. The highest BCUT2D eigenvalue weighted by molar-refractivity contribution is 5.77. The molecule has 1 saturated heterocycles. The standard InChI is InChI=1S/C12H22N2O2/c1-16-12(5-2-6-12)9-11(15)14-7-3-10(13)4-8-14/h10H,2-9,13H2,1H3. The Morgan fingerprint density at radius 3 is 2.50 bits per heavy atom. The van der Waals surface area contributed by atoms with Crippen molar-refractivity contribution in [1.29, 1.82) is 0 Å². The van der Waals surface area contributed by atoms with Gasteiger partial charge in [-0.1, -0.05) is 0 Å². The molecule has 0 bridgehead atoms. The molecule has 2 rings (SSSR count). The summed E-state index contributed by atoms with van der Waals surface area (Å²) in [7, 11) is 1.72. The van der Waals surface area contributed by atoms with Crippen molar-refractivity contribution in [3.05, 3.63) is 0 Å². The van der Waals surface area contributed by atoms with Crippen LogP contribution in [0.1, 0.15) is 38.5 Å². The molecule has 1 amide bonds. The van der Waals surface area contributed by atoms with Crippen LogP contribution < -0.4 is 5.73 Å². The van der Waals surface area contributed by atoms with E-state index in [4.69, 9.17) is 10.5 Å². The Hall–Kier alpha value is -0.610. The third kappa shape index (κ3) is 2.38. The molecule has 0 spiro atoms. The molecule has 2 aliphatic rings. The Bertz CT molecular complexity index is 250. The normalized spacial score (nSPS) is 25.2. The highest BCUT2D eigenvalue weighted by atomic mass is 16.5. The number of methoxy groups -OCH3 is 1. The Morgan fingerprint density at radius 1 is 1.44 bits per heavy atom. The van der Waals surface area contributed by atoms with E-state index in [0.717, 1.165) is 38.8 Å². The van der Waals surface area contributed by atoms with Gasteiger partial charge < -0.3 is 15.4 Å². The molecule has 1 aliphatic carbocycles. The van der Waals surface area contributed by atoms with Crippen LogP contribution in [0.25, 0.3) is 0 Å². The third-order valence-electron chi connectivity index (χ3n) is 4.06. The van der Waals surface area contributed by atoms with Gasteiger partial charge in [-0.05, 0) is 32.1 Å². The molecule has 16 heavy (non-hydrogen) atoms. The molecule has 0 aromatic heterocycles. The zero-order chi connectivity index (χ0) is 11.6. The zero-order valence-corrected chi connectivity index (χ0v) is 10.1. The Balaban J connectivity index is 1.83. The fourth-order valence-electron chi connectivity index (χ4n) is 2.56. The van der Waals surface area contributed by atoms with Gasteiger partial charge in [0.1, 0.15) is 0 Å². The van der Waals surface area contributed by atoms with E-state index in [0.29, 0.717) is 6.42 Å². The number of nitrogens with two attached hydrogens (primary N) is 1. The number of hydrogen-bond donors (Lipinski definition) is 1. The van der Waals surface area contributed by atoms with Gasteiger partial charge in [0.2, 0.25) is 5.91 Å². The van der Waals surface area contributed by atoms with Crippen molar-refractivity contribution in [1.82, 2.24) is 4.90 Å². The summed E-state index contributed by atoms with van der Waals surface area (Å²) in [4.78, 5) is 14.0. The van der Waals surface area contributed by atoms with Gasteiger partial charge in [0, 0.05) is 26.2 Å². The van der Waals surface area contributed by atoms with Gasteiger partial charge in [-0.25, -0.2) is 0 Å². The van der Waals surface area contributed by atoms with Crippen molar-refractivity contribution in [2.45, 2.75) is 50.2 Å². The zero-order valence-electron chi connectivity index (χ0n) is 10.1. The highest BCUT2D eigenvalue weighted by Gasteiger charge is 2.40. The second-order valence-corrected chi connectivity index (χ2v) is 5.14. The van der Waals surface area contributed by atoms with E-state index in [1.165, 1.54) is 6.42 Å². The average molecular weight is 226 g/mol. The highest BCUT2D eigenvalue weighted by Crippen LogP contribution is 2.38. The van der Waals surface area contributed by atoms with Crippen LogP contribution in [-0.4, -0.2) is 42.6 Å². The van der Waals surface area contributed by atoms with Gasteiger partial charge in [-0.15, -0.1) is 0 Å². The Kier molecular flexibility index (Phi) is 3.50. The van der Waals surface area contributed by atoms with Gasteiger partial charge in [0.05, 0.1) is 12.0 Å². The van der Waals surface area contributed by atoms with E-state index < -0.39 is 0 Å². The number of carbonyl (C=O) groups excluding carboxylic acids is 1. The fraction of sp³-hybridized carbons (Fsp3) is 0.917. The van der Waals surface area contributed by atoms with Crippen LogP contribution >= 0.6 is 0 Å². The molecule has 0 aromatic carbocycles. The van der Waals surface area contributed by atoms with Crippen molar-refractivity contribution >= 4 is 5.91 Å². The first kappa shape index (κ1) is 11.9. The Labute approximate surface area is 97.1 Å². The van der Waals surface area contributed by atoms with Gasteiger partial charge >= 0.3 is 0 Å². The predicted molar refractivity (Wildman–Crippen MR) is 62.0 cm³/mol. The third-order valence-corrected chi connectivity index (χ3v) is 4.06. The first-order valence-electron chi connectivity index (χ1n) is 6.24. The van der Waals surface area contributed by atoms with E-state index >= 15 is 0 Å². The van der Waals surface area contributed by atoms with Crippen LogP contribution in [0.5, 0.6) is 0 Å². The van der Waals surface area contributed by atoms with E-state index in [1.807, 2.05) is 4.90 Å². The SMILES string of the molecule is COC1(CC(=O)N2CCC(N)CC2)CCC1. The summed E-state index contributed by atoms with van der Waals surface area (Å²) in [5.41, 5.74) is 5.68. The first-order chi connectivity index (χ1) is 7.65. The maximum absolute atomic E-state index is 12.1. The maximum atomic E-state index is 12.1. The predicted octanol–water partition coefficient (Wildman–Crippen LogP) is 0.895. The summed E-state index contributed by atoms with van der Waals surface area (Å²) in [6.07, 6.45) is 5.67.